The quantitative estimate of drug-likeness (QED) is 0.847. The zero-order valence-corrected chi connectivity index (χ0v) is 12.9. The summed E-state index contributed by atoms with van der Waals surface area (Å²) in [7, 11) is 0. The maximum Gasteiger partial charge on any atom is 0.249 e. The summed E-state index contributed by atoms with van der Waals surface area (Å²) in [5.41, 5.74) is 6.10. The summed E-state index contributed by atoms with van der Waals surface area (Å²) in [5.74, 6) is 0.794. The molecule has 0 radical (unpaired) electrons. The van der Waals surface area contributed by atoms with Crippen molar-refractivity contribution in [3.63, 3.8) is 0 Å². The first-order chi connectivity index (χ1) is 9.08. The topological polar surface area (TPSA) is 87.1 Å². The van der Waals surface area contributed by atoms with Gasteiger partial charge in [0.25, 0.3) is 0 Å². The zero-order chi connectivity index (χ0) is 13.5. The van der Waals surface area contributed by atoms with Crippen LogP contribution in [0.15, 0.2) is 25.7 Å². The van der Waals surface area contributed by atoms with Crippen molar-refractivity contribution in [2.75, 3.05) is 13.2 Å². The van der Waals surface area contributed by atoms with Gasteiger partial charge in [0, 0.05) is 21.7 Å². The third-order valence-electron chi connectivity index (χ3n) is 2.92. The third kappa shape index (κ3) is 2.45. The number of aromatic nitrogens is 3. The minimum atomic E-state index is -0.687. The van der Waals surface area contributed by atoms with Crippen molar-refractivity contribution in [2.45, 2.75) is 12.0 Å². The van der Waals surface area contributed by atoms with E-state index in [9.17, 15) is 0 Å². The van der Waals surface area contributed by atoms with Gasteiger partial charge in [-0.15, -0.1) is 0 Å². The molecular formula is C11H10Br2N4O2. The van der Waals surface area contributed by atoms with Gasteiger partial charge in [0.2, 0.25) is 11.7 Å². The molecule has 1 saturated heterocycles. The number of pyridine rings is 1. The lowest BCUT2D eigenvalue weighted by atomic mass is 10.0. The Morgan fingerprint density at radius 1 is 1.37 bits per heavy atom. The van der Waals surface area contributed by atoms with Crippen LogP contribution < -0.4 is 5.73 Å². The fraction of sp³-hybridized carbons (Fsp3) is 0.364. The van der Waals surface area contributed by atoms with E-state index in [1.54, 1.807) is 6.20 Å². The van der Waals surface area contributed by atoms with E-state index < -0.39 is 5.54 Å². The van der Waals surface area contributed by atoms with Gasteiger partial charge in [-0.05, 0) is 44.3 Å². The Morgan fingerprint density at radius 2 is 2.21 bits per heavy atom. The first-order valence-electron chi connectivity index (χ1n) is 5.61. The molecule has 100 valence electrons. The molecule has 1 fully saturated rings. The largest absolute Gasteiger partial charge is 0.379 e. The van der Waals surface area contributed by atoms with Gasteiger partial charge in [-0.2, -0.15) is 4.98 Å². The molecule has 0 saturated carbocycles. The maximum atomic E-state index is 6.17. The number of hydrogen-bond donors (Lipinski definition) is 1. The van der Waals surface area contributed by atoms with Crippen molar-refractivity contribution in [3.8, 4) is 11.5 Å². The number of nitrogens with two attached hydrogens (primary N) is 1. The van der Waals surface area contributed by atoms with Gasteiger partial charge in [-0.25, -0.2) is 0 Å². The molecule has 3 rings (SSSR count). The molecule has 3 heterocycles. The van der Waals surface area contributed by atoms with Crippen molar-refractivity contribution in [3.05, 3.63) is 27.1 Å². The van der Waals surface area contributed by atoms with E-state index in [0.29, 0.717) is 37.0 Å². The number of nitrogens with zero attached hydrogens (tertiary/aromatic N) is 3. The van der Waals surface area contributed by atoms with Crippen molar-refractivity contribution < 1.29 is 9.26 Å². The second-order valence-corrected chi connectivity index (χ2v) is 6.14. The summed E-state index contributed by atoms with van der Waals surface area (Å²) in [4.78, 5) is 8.59. The highest BCUT2D eigenvalue weighted by Crippen LogP contribution is 2.30. The van der Waals surface area contributed by atoms with Crippen LogP contribution in [0.25, 0.3) is 11.5 Å². The van der Waals surface area contributed by atoms with Gasteiger partial charge in [0.05, 0.1) is 6.61 Å². The van der Waals surface area contributed by atoms with Gasteiger partial charge >= 0.3 is 0 Å². The molecule has 1 aliphatic rings. The number of hydrogen-bond acceptors (Lipinski definition) is 6. The SMILES string of the molecule is NC1(c2nc(-c3ncc(Br)cc3Br)no2)CCOC1. The smallest absolute Gasteiger partial charge is 0.249 e. The highest BCUT2D eigenvalue weighted by molar-refractivity contribution is 9.11. The average molecular weight is 390 g/mol. The number of ether oxygens (including phenoxy) is 1. The minimum absolute atomic E-state index is 0.386. The number of rotatable bonds is 2. The fourth-order valence-electron chi connectivity index (χ4n) is 1.85. The van der Waals surface area contributed by atoms with E-state index >= 15 is 0 Å². The summed E-state index contributed by atoms with van der Waals surface area (Å²) < 4.78 is 12.2. The second-order valence-electron chi connectivity index (χ2n) is 4.37. The highest BCUT2D eigenvalue weighted by Gasteiger charge is 2.38. The van der Waals surface area contributed by atoms with Gasteiger partial charge in [0.15, 0.2) is 0 Å². The van der Waals surface area contributed by atoms with Crippen molar-refractivity contribution >= 4 is 31.9 Å². The summed E-state index contributed by atoms with van der Waals surface area (Å²) in [6.07, 6.45) is 2.34. The van der Waals surface area contributed by atoms with E-state index in [0.717, 1.165) is 8.95 Å². The Bertz CT molecular complexity index is 610. The Balaban J connectivity index is 1.97. The van der Waals surface area contributed by atoms with Crippen LogP contribution >= 0.6 is 31.9 Å². The lowest BCUT2D eigenvalue weighted by molar-refractivity contribution is 0.166. The van der Waals surface area contributed by atoms with E-state index in [1.807, 2.05) is 6.07 Å². The van der Waals surface area contributed by atoms with Crippen LogP contribution in [-0.4, -0.2) is 28.3 Å². The van der Waals surface area contributed by atoms with E-state index in [2.05, 4.69) is 47.0 Å². The molecule has 0 aromatic carbocycles. The van der Waals surface area contributed by atoms with Crippen LogP contribution in [0, 0.1) is 0 Å². The van der Waals surface area contributed by atoms with Crippen LogP contribution in [-0.2, 0) is 10.3 Å². The molecular weight excluding hydrogens is 380 g/mol. The third-order valence-corrected chi connectivity index (χ3v) is 3.96. The molecule has 0 bridgehead atoms. The first kappa shape index (κ1) is 13.2. The molecule has 0 amide bonds. The Hall–Kier alpha value is -0.830. The Kier molecular flexibility index (Phi) is 3.42. The predicted molar refractivity (Wildman–Crippen MR) is 74.2 cm³/mol. The molecule has 2 N–H and O–H groups in total. The second kappa shape index (κ2) is 4.93. The van der Waals surface area contributed by atoms with Gasteiger partial charge in [-0.1, -0.05) is 5.16 Å². The molecule has 0 aliphatic carbocycles. The van der Waals surface area contributed by atoms with Crippen LogP contribution in [0.2, 0.25) is 0 Å². The van der Waals surface area contributed by atoms with Crippen molar-refractivity contribution in [1.82, 2.24) is 15.1 Å². The normalized spacial score (nSPS) is 22.9. The van der Waals surface area contributed by atoms with Crippen LogP contribution in [0.3, 0.4) is 0 Å². The molecule has 1 unspecified atom stereocenters. The van der Waals surface area contributed by atoms with Crippen molar-refractivity contribution in [1.29, 1.82) is 0 Å². The molecule has 1 atom stereocenters. The summed E-state index contributed by atoms with van der Waals surface area (Å²) in [6.45, 7) is 0.998. The van der Waals surface area contributed by atoms with E-state index in [4.69, 9.17) is 15.0 Å². The standard InChI is InChI=1S/C11H10Br2N4O2/c12-6-3-7(13)8(15-4-6)9-16-10(19-17-9)11(14)1-2-18-5-11/h3-4H,1-2,5,14H2. The summed E-state index contributed by atoms with van der Waals surface area (Å²) in [6, 6.07) is 1.87. The Morgan fingerprint density at radius 3 is 2.89 bits per heavy atom. The lowest BCUT2D eigenvalue weighted by Gasteiger charge is -2.14. The maximum absolute atomic E-state index is 6.17. The number of halogens is 2. The van der Waals surface area contributed by atoms with Crippen molar-refractivity contribution in [2.24, 2.45) is 5.73 Å². The van der Waals surface area contributed by atoms with E-state index in [-0.39, 0.29) is 0 Å². The lowest BCUT2D eigenvalue weighted by Crippen LogP contribution is -2.37. The molecule has 6 nitrogen and oxygen atoms in total. The highest BCUT2D eigenvalue weighted by atomic mass is 79.9. The molecule has 19 heavy (non-hydrogen) atoms. The fourth-order valence-corrected chi connectivity index (χ4v) is 3.02. The first-order valence-corrected chi connectivity index (χ1v) is 7.19. The minimum Gasteiger partial charge on any atom is -0.379 e. The van der Waals surface area contributed by atoms with Gasteiger partial charge in [0.1, 0.15) is 11.2 Å². The molecule has 2 aromatic rings. The van der Waals surface area contributed by atoms with Crippen LogP contribution in [0.5, 0.6) is 0 Å². The molecule has 2 aromatic heterocycles. The van der Waals surface area contributed by atoms with Gasteiger partial charge in [-0.3, -0.25) is 4.98 Å². The molecule has 8 heteroatoms. The predicted octanol–water partition coefficient (Wildman–Crippen LogP) is 2.23. The van der Waals surface area contributed by atoms with Gasteiger partial charge < -0.3 is 15.0 Å². The molecule has 0 spiro atoms. The molecule has 1 aliphatic heterocycles. The Labute approximate surface area is 126 Å². The zero-order valence-electron chi connectivity index (χ0n) is 9.77. The monoisotopic (exact) mass is 388 g/mol. The van der Waals surface area contributed by atoms with E-state index in [1.165, 1.54) is 0 Å². The van der Waals surface area contributed by atoms with Crippen LogP contribution in [0.4, 0.5) is 0 Å². The summed E-state index contributed by atoms with van der Waals surface area (Å²) >= 11 is 6.76. The van der Waals surface area contributed by atoms with Crippen LogP contribution in [0.1, 0.15) is 12.3 Å². The average Bonchev–Trinajstić information content (AvgIpc) is 2.99. The summed E-state index contributed by atoms with van der Waals surface area (Å²) in [5, 5.41) is 3.94.